The Bertz CT molecular complexity index is 445. The van der Waals surface area contributed by atoms with Gasteiger partial charge in [-0.05, 0) is 31.2 Å². The minimum atomic E-state index is -0.141. The number of unbranched alkanes of at least 4 members (excludes halogenated alkanes) is 2. The quantitative estimate of drug-likeness (QED) is 0.554. The molecule has 0 aromatic heterocycles. The van der Waals surface area contributed by atoms with E-state index in [0.29, 0.717) is 21.4 Å². The number of hydrogen-bond donors (Lipinski definition) is 2. The van der Waals surface area contributed by atoms with Gasteiger partial charge < -0.3 is 11.1 Å². The van der Waals surface area contributed by atoms with Gasteiger partial charge in [0, 0.05) is 5.02 Å². The lowest BCUT2D eigenvalue weighted by Crippen LogP contribution is -2.23. The van der Waals surface area contributed by atoms with Gasteiger partial charge in [0.2, 0.25) is 5.91 Å². The number of thioether (sulfide) groups is 1. The van der Waals surface area contributed by atoms with Crippen LogP contribution in [0, 0.1) is 0 Å². The highest BCUT2D eigenvalue weighted by Gasteiger charge is 2.16. The Balaban J connectivity index is 2.57. The van der Waals surface area contributed by atoms with Crippen molar-refractivity contribution in [2.24, 2.45) is 0 Å². The molecule has 1 aromatic rings. The maximum absolute atomic E-state index is 12.1. The zero-order valence-corrected chi connectivity index (χ0v) is 14.0. The predicted octanol–water partition coefficient (Wildman–Crippen LogP) is 4.83. The van der Waals surface area contributed by atoms with Crippen LogP contribution in [0.2, 0.25) is 10.0 Å². The van der Waals surface area contributed by atoms with Gasteiger partial charge in [0.15, 0.2) is 0 Å². The van der Waals surface area contributed by atoms with Crippen LogP contribution >= 0.6 is 35.0 Å². The van der Waals surface area contributed by atoms with Gasteiger partial charge in [0.05, 0.1) is 21.6 Å². The van der Waals surface area contributed by atoms with E-state index in [1.165, 1.54) is 12.8 Å². The predicted molar refractivity (Wildman–Crippen MR) is 90.9 cm³/mol. The van der Waals surface area contributed by atoms with E-state index in [1.807, 2.05) is 6.92 Å². The lowest BCUT2D eigenvalue weighted by Gasteiger charge is -2.14. The largest absolute Gasteiger partial charge is 0.397 e. The van der Waals surface area contributed by atoms with Gasteiger partial charge in [0.25, 0.3) is 0 Å². The molecule has 0 aliphatic heterocycles. The first-order valence-corrected chi connectivity index (χ1v) is 8.43. The van der Waals surface area contributed by atoms with E-state index in [4.69, 9.17) is 28.9 Å². The molecule has 0 fully saturated rings. The molecular formula is C14H20Cl2N2OS. The summed E-state index contributed by atoms with van der Waals surface area (Å²) in [5.41, 5.74) is 6.63. The van der Waals surface area contributed by atoms with Gasteiger partial charge in [-0.1, -0.05) is 43.0 Å². The number of nitrogen functional groups attached to an aromatic ring is 1. The summed E-state index contributed by atoms with van der Waals surface area (Å²) in [4.78, 5) is 12.1. The highest BCUT2D eigenvalue weighted by atomic mass is 35.5. The maximum atomic E-state index is 12.1. The topological polar surface area (TPSA) is 55.1 Å². The number of benzene rings is 1. The van der Waals surface area contributed by atoms with Crippen LogP contribution in [0.25, 0.3) is 0 Å². The molecule has 0 saturated carbocycles. The molecule has 0 radical (unpaired) electrons. The van der Waals surface area contributed by atoms with Crippen LogP contribution < -0.4 is 11.1 Å². The molecular weight excluding hydrogens is 315 g/mol. The van der Waals surface area contributed by atoms with Crippen LogP contribution in [-0.4, -0.2) is 16.9 Å². The molecule has 0 saturated heterocycles. The zero-order valence-electron chi connectivity index (χ0n) is 11.7. The summed E-state index contributed by atoms with van der Waals surface area (Å²) >= 11 is 13.5. The van der Waals surface area contributed by atoms with Crippen molar-refractivity contribution < 1.29 is 4.79 Å². The smallest absolute Gasteiger partial charge is 0.237 e. The number of hydrogen-bond acceptors (Lipinski definition) is 3. The number of anilines is 2. The van der Waals surface area contributed by atoms with E-state index in [0.717, 1.165) is 12.2 Å². The number of nitrogens with two attached hydrogens (primary N) is 1. The summed E-state index contributed by atoms with van der Waals surface area (Å²) in [6.45, 7) is 4.04. The van der Waals surface area contributed by atoms with Gasteiger partial charge in [-0.25, -0.2) is 0 Å². The van der Waals surface area contributed by atoms with Crippen molar-refractivity contribution in [1.29, 1.82) is 0 Å². The Kier molecular flexibility index (Phi) is 7.56. The first-order chi connectivity index (χ1) is 9.45. The third-order valence-corrected chi connectivity index (χ3v) is 4.57. The molecule has 0 heterocycles. The van der Waals surface area contributed by atoms with Gasteiger partial charge in [-0.2, -0.15) is 0 Å². The van der Waals surface area contributed by atoms with Gasteiger partial charge in [-0.3, -0.25) is 4.79 Å². The maximum Gasteiger partial charge on any atom is 0.237 e. The van der Waals surface area contributed by atoms with E-state index in [-0.39, 0.29) is 11.2 Å². The average Bonchev–Trinajstić information content (AvgIpc) is 2.38. The monoisotopic (exact) mass is 334 g/mol. The summed E-state index contributed by atoms with van der Waals surface area (Å²) in [6.07, 6.45) is 3.50. The third kappa shape index (κ3) is 5.43. The van der Waals surface area contributed by atoms with Crippen LogP contribution in [0.4, 0.5) is 11.4 Å². The number of nitrogens with one attached hydrogen (secondary N) is 1. The van der Waals surface area contributed by atoms with Crippen LogP contribution in [0.3, 0.4) is 0 Å². The second-order valence-electron chi connectivity index (χ2n) is 4.56. The molecule has 20 heavy (non-hydrogen) atoms. The fourth-order valence-corrected chi connectivity index (χ4v) is 3.13. The molecule has 0 aliphatic carbocycles. The highest BCUT2D eigenvalue weighted by Crippen LogP contribution is 2.32. The molecule has 1 aromatic carbocycles. The number of carbonyl (C=O) groups excluding carboxylic acids is 1. The SMILES string of the molecule is CCCCCSC(C)C(=O)Nc1c(N)cc(Cl)cc1Cl. The first kappa shape index (κ1) is 17.5. The van der Waals surface area contributed by atoms with Crippen molar-refractivity contribution in [3.8, 4) is 0 Å². The molecule has 3 N–H and O–H groups in total. The molecule has 1 atom stereocenters. The van der Waals surface area contributed by atoms with Gasteiger partial charge in [0.1, 0.15) is 0 Å². The van der Waals surface area contributed by atoms with Crippen molar-refractivity contribution >= 4 is 52.2 Å². The summed E-state index contributed by atoms with van der Waals surface area (Å²) in [5.74, 6) is 0.883. The molecule has 1 rings (SSSR count). The Morgan fingerprint density at radius 2 is 2.10 bits per heavy atom. The molecule has 6 heteroatoms. The minimum absolute atomic E-state index is 0.0950. The molecule has 1 amide bonds. The summed E-state index contributed by atoms with van der Waals surface area (Å²) in [7, 11) is 0. The van der Waals surface area contributed by atoms with Gasteiger partial charge >= 0.3 is 0 Å². The highest BCUT2D eigenvalue weighted by molar-refractivity contribution is 8.00. The first-order valence-electron chi connectivity index (χ1n) is 6.62. The number of halogens is 2. The van der Waals surface area contributed by atoms with E-state index in [9.17, 15) is 4.79 Å². The standard InChI is InChI=1S/C14H20Cl2N2OS/c1-3-4-5-6-20-9(2)14(19)18-13-11(16)7-10(15)8-12(13)17/h7-9H,3-6,17H2,1-2H3,(H,18,19). The molecule has 3 nitrogen and oxygen atoms in total. The number of rotatable bonds is 7. The average molecular weight is 335 g/mol. The minimum Gasteiger partial charge on any atom is -0.397 e. The van der Waals surface area contributed by atoms with E-state index in [1.54, 1.807) is 23.9 Å². The summed E-state index contributed by atoms with van der Waals surface area (Å²) in [6, 6.07) is 3.14. The second kappa shape index (κ2) is 8.65. The molecule has 1 unspecified atom stereocenters. The zero-order chi connectivity index (χ0) is 15.1. The molecule has 112 valence electrons. The summed E-state index contributed by atoms with van der Waals surface area (Å²) < 4.78 is 0. The van der Waals surface area contributed by atoms with Crippen molar-refractivity contribution in [3.05, 3.63) is 22.2 Å². The summed E-state index contributed by atoms with van der Waals surface area (Å²) in [5, 5.41) is 3.43. The van der Waals surface area contributed by atoms with E-state index in [2.05, 4.69) is 12.2 Å². The van der Waals surface area contributed by atoms with Crippen LogP contribution in [0.1, 0.15) is 33.1 Å². The molecule has 0 bridgehead atoms. The third-order valence-electron chi connectivity index (χ3n) is 2.82. The fourth-order valence-electron chi connectivity index (χ4n) is 1.64. The Morgan fingerprint density at radius 3 is 2.70 bits per heavy atom. The Morgan fingerprint density at radius 1 is 1.40 bits per heavy atom. The molecule has 0 aliphatic rings. The van der Waals surface area contributed by atoms with E-state index < -0.39 is 0 Å². The van der Waals surface area contributed by atoms with Crippen LogP contribution in [0.5, 0.6) is 0 Å². The van der Waals surface area contributed by atoms with Crippen molar-refractivity contribution in [2.75, 3.05) is 16.8 Å². The van der Waals surface area contributed by atoms with Crippen LogP contribution in [-0.2, 0) is 4.79 Å². The molecule has 0 spiro atoms. The van der Waals surface area contributed by atoms with Crippen molar-refractivity contribution in [1.82, 2.24) is 0 Å². The fraction of sp³-hybridized carbons (Fsp3) is 0.500. The van der Waals surface area contributed by atoms with Crippen molar-refractivity contribution in [3.63, 3.8) is 0 Å². The normalized spacial score (nSPS) is 12.2. The lowest BCUT2D eigenvalue weighted by atomic mass is 10.2. The number of carbonyl (C=O) groups is 1. The Labute approximate surface area is 134 Å². The number of amides is 1. The van der Waals surface area contributed by atoms with Crippen molar-refractivity contribution in [2.45, 2.75) is 38.4 Å². The van der Waals surface area contributed by atoms with E-state index >= 15 is 0 Å². The van der Waals surface area contributed by atoms with Gasteiger partial charge in [-0.15, -0.1) is 11.8 Å². The lowest BCUT2D eigenvalue weighted by molar-refractivity contribution is -0.115. The second-order valence-corrected chi connectivity index (χ2v) is 6.85. The Hall–Kier alpha value is -0.580. The van der Waals surface area contributed by atoms with Crippen LogP contribution in [0.15, 0.2) is 12.1 Å².